The van der Waals surface area contributed by atoms with Crippen LogP contribution in [0.3, 0.4) is 0 Å². The van der Waals surface area contributed by atoms with Gasteiger partial charge in [0.05, 0.1) is 11.4 Å². The van der Waals surface area contributed by atoms with Gasteiger partial charge in [-0.2, -0.15) is 0 Å². The first-order valence-electron chi connectivity index (χ1n) is 8.27. The van der Waals surface area contributed by atoms with E-state index in [2.05, 4.69) is 16.9 Å². The number of para-hydroxylation sites is 1. The molecule has 1 atom stereocenters. The molecule has 1 saturated heterocycles. The number of aromatic nitrogens is 2. The lowest BCUT2D eigenvalue weighted by Gasteiger charge is -2.35. The molecule has 0 aliphatic carbocycles. The molecule has 1 fully saturated rings. The minimum absolute atomic E-state index is 0.221. The number of hydrogen-bond donors (Lipinski definition) is 0. The molecule has 24 heavy (non-hydrogen) atoms. The number of carbonyl (C=O) groups excluding carboxylic acids is 1. The summed E-state index contributed by atoms with van der Waals surface area (Å²) in [5.74, 6) is 0.659. The molecular formula is C17H21N3OS3. The van der Waals surface area contributed by atoms with Crippen molar-refractivity contribution in [2.75, 3.05) is 12.3 Å². The van der Waals surface area contributed by atoms with Crippen LogP contribution in [-0.2, 0) is 4.79 Å². The maximum atomic E-state index is 12.6. The summed E-state index contributed by atoms with van der Waals surface area (Å²) in [6, 6.07) is 10.3. The predicted molar refractivity (Wildman–Crippen MR) is 103 cm³/mol. The quantitative estimate of drug-likeness (QED) is 0.564. The van der Waals surface area contributed by atoms with E-state index in [0.717, 1.165) is 35.8 Å². The largest absolute Gasteiger partial charge is 0.339 e. The topological polar surface area (TPSA) is 38.1 Å². The van der Waals surface area contributed by atoms with Crippen LogP contribution in [0.4, 0.5) is 0 Å². The van der Waals surface area contributed by atoms with Crippen molar-refractivity contribution in [1.29, 1.82) is 0 Å². The van der Waals surface area contributed by atoms with Crippen molar-refractivity contribution >= 4 is 41.2 Å². The van der Waals surface area contributed by atoms with E-state index in [9.17, 15) is 4.79 Å². The van der Waals surface area contributed by atoms with Crippen LogP contribution in [0.15, 0.2) is 34.7 Å². The zero-order valence-corrected chi connectivity index (χ0v) is 16.1. The zero-order valence-electron chi connectivity index (χ0n) is 13.7. The van der Waals surface area contributed by atoms with E-state index >= 15 is 0 Å². The summed E-state index contributed by atoms with van der Waals surface area (Å²) in [6.45, 7) is 3.06. The fourth-order valence-electron chi connectivity index (χ4n) is 3.01. The monoisotopic (exact) mass is 379 g/mol. The van der Waals surface area contributed by atoms with E-state index in [1.165, 1.54) is 29.5 Å². The molecule has 0 N–H and O–H groups in total. The van der Waals surface area contributed by atoms with E-state index in [-0.39, 0.29) is 5.91 Å². The molecular weight excluding hydrogens is 358 g/mol. The van der Waals surface area contributed by atoms with Gasteiger partial charge in [-0.1, -0.05) is 48.2 Å². The average molecular weight is 380 g/mol. The lowest BCUT2D eigenvalue weighted by molar-refractivity contribution is -0.132. The Morgan fingerprint density at radius 2 is 2.17 bits per heavy atom. The highest BCUT2D eigenvalue weighted by molar-refractivity contribution is 8.01. The summed E-state index contributed by atoms with van der Waals surface area (Å²) in [4.78, 5) is 14.6. The summed E-state index contributed by atoms with van der Waals surface area (Å²) in [5, 5.41) is 4.56. The predicted octanol–water partition coefficient (Wildman–Crippen LogP) is 4.55. The molecule has 1 amide bonds. The van der Waals surface area contributed by atoms with Gasteiger partial charge in [0.2, 0.25) is 5.91 Å². The summed E-state index contributed by atoms with van der Waals surface area (Å²) >= 11 is 8.36. The van der Waals surface area contributed by atoms with E-state index in [1.807, 2.05) is 30.3 Å². The SMILES string of the molecule is CC[C@@H]1CCCCN1C(=O)CSc1nn(-c2ccccc2)c(=S)s1. The van der Waals surface area contributed by atoms with Gasteiger partial charge in [-0.3, -0.25) is 4.79 Å². The highest BCUT2D eigenvalue weighted by atomic mass is 32.2. The number of amides is 1. The third-order valence-electron chi connectivity index (χ3n) is 4.27. The van der Waals surface area contributed by atoms with Crippen LogP contribution in [-0.4, -0.2) is 38.9 Å². The molecule has 0 radical (unpaired) electrons. The summed E-state index contributed by atoms with van der Waals surface area (Å²) in [7, 11) is 0. The Hall–Kier alpha value is -1.18. The minimum Gasteiger partial charge on any atom is -0.339 e. The maximum absolute atomic E-state index is 12.6. The smallest absolute Gasteiger partial charge is 0.233 e. The van der Waals surface area contributed by atoms with Gasteiger partial charge in [-0.25, -0.2) is 4.68 Å². The van der Waals surface area contributed by atoms with Crippen molar-refractivity contribution in [3.05, 3.63) is 34.3 Å². The van der Waals surface area contributed by atoms with Gasteiger partial charge >= 0.3 is 0 Å². The Morgan fingerprint density at radius 3 is 2.92 bits per heavy atom. The van der Waals surface area contributed by atoms with Crippen LogP contribution in [0.25, 0.3) is 5.69 Å². The van der Waals surface area contributed by atoms with Crippen molar-refractivity contribution in [3.63, 3.8) is 0 Å². The second-order valence-corrected chi connectivity index (χ2v) is 8.66. The second kappa shape index (κ2) is 8.27. The first kappa shape index (κ1) is 17.6. The highest BCUT2D eigenvalue weighted by Gasteiger charge is 2.25. The van der Waals surface area contributed by atoms with E-state index in [1.54, 1.807) is 4.68 Å². The number of thioether (sulfide) groups is 1. The molecule has 1 aliphatic rings. The van der Waals surface area contributed by atoms with Gasteiger partial charge in [-0.05, 0) is 50.0 Å². The minimum atomic E-state index is 0.221. The van der Waals surface area contributed by atoms with Crippen molar-refractivity contribution in [2.24, 2.45) is 0 Å². The number of piperidine rings is 1. The molecule has 2 aromatic rings. The molecule has 1 aliphatic heterocycles. The molecule has 0 unspecified atom stereocenters. The highest BCUT2D eigenvalue weighted by Crippen LogP contribution is 2.26. The van der Waals surface area contributed by atoms with Gasteiger partial charge in [0.1, 0.15) is 0 Å². The molecule has 1 aromatic carbocycles. The van der Waals surface area contributed by atoms with E-state index < -0.39 is 0 Å². The fraction of sp³-hybridized carbons (Fsp3) is 0.471. The standard InChI is InChI=1S/C17H21N3OS3/c1-2-13-8-6-7-11-19(13)15(21)12-23-16-18-20(17(22)24-16)14-9-4-3-5-10-14/h3-5,9-10,13H,2,6-8,11-12H2,1H3/t13-/m1/s1. The van der Waals surface area contributed by atoms with Gasteiger partial charge < -0.3 is 4.90 Å². The first-order chi connectivity index (χ1) is 11.7. The molecule has 7 heteroatoms. The van der Waals surface area contributed by atoms with Crippen LogP contribution in [0.5, 0.6) is 0 Å². The fourth-order valence-corrected chi connectivity index (χ4v) is 5.26. The lowest BCUT2D eigenvalue weighted by atomic mass is 10.0. The molecule has 0 bridgehead atoms. The Bertz CT molecular complexity index is 741. The van der Waals surface area contributed by atoms with E-state index in [4.69, 9.17) is 12.2 Å². The number of likely N-dealkylation sites (tertiary alicyclic amines) is 1. The molecule has 3 rings (SSSR count). The third kappa shape index (κ3) is 4.07. The van der Waals surface area contributed by atoms with Crippen LogP contribution in [0, 0.1) is 3.95 Å². The van der Waals surface area contributed by atoms with Gasteiger partial charge in [0.25, 0.3) is 0 Å². The lowest BCUT2D eigenvalue weighted by Crippen LogP contribution is -2.44. The zero-order chi connectivity index (χ0) is 16.9. The van der Waals surface area contributed by atoms with Crippen molar-refractivity contribution in [3.8, 4) is 5.69 Å². The number of rotatable bonds is 5. The maximum Gasteiger partial charge on any atom is 0.233 e. The first-order valence-corrected chi connectivity index (χ1v) is 10.5. The molecule has 128 valence electrons. The normalized spacial score (nSPS) is 17.9. The third-order valence-corrected chi connectivity index (χ3v) is 6.62. The van der Waals surface area contributed by atoms with E-state index in [0.29, 0.717) is 15.7 Å². The molecule has 0 spiro atoms. The Labute approximate surface area is 155 Å². The van der Waals surface area contributed by atoms with Gasteiger partial charge in [0.15, 0.2) is 8.29 Å². The number of nitrogens with zero attached hydrogens (tertiary/aromatic N) is 3. The summed E-state index contributed by atoms with van der Waals surface area (Å²) in [5.41, 5.74) is 0.957. The molecule has 0 saturated carbocycles. The van der Waals surface area contributed by atoms with Gasteiger partial charge in [-0.15, -0.1) is 5.10 Å². The summed E-state index contributed by atoms with van der Waals surface area (Å²) < 4.78 is 3.32. The van der Waals surface area contributed by atoms with Crippen molar-refractivity contribution in [1.82, 2.24) is 14.7 Å². The number of hydrogen-bond acceptors (Lipinski definition) is 5. The summed E-state index contributed by atoms with van der Waals surface area (Å²) in [6.07, 6.45) is 4.53. The molecule has 2 heterocycles. The Balaban J connectivity index is 1.65. The van der Waals surface area contributed by atoms with Crippen molar-refractivity contribution < 1.29 is 4.79 Å². The number of carbonyl (C=O) groups is 1. The van der Waals surface area contributed by atoms with Crippen molar-refractivity contribution in [2.45, 2.75) is 43.0 Å². The number of benzene rings is 1. The average Bonchev–Trinajstić information content (AvgIpc) is 3.01. The van der Waals surface area contributed by atoms with Crippen LogP contribution >= 0.6 is 35.3 Å². The van der Waals surface area contributed by atoms with Gasteiger partial charge in [0, 0.05) is 12.6 Å². The van der Waals surface area contributed by atoms with Crippen LogP contribution in [0.2, 0.25) is 0 Å². The molecule has 1 aromatic heterocycles. The van der Waals surface area contributed by atoms with Crippen LogP contribution in [0.1, 0.15) is 32.6 Å². The Morgan fingerprint density at radius 1 is 1.38 bits per heavy atom. The Kier molecular flexibility index (Phi) is 6.08. The van der Waals surface area contributed by atoms with Crippen LogP contribution < -0.4 is 0 Å². The second-order valence-electron chi connectivity index (χ2n) is 5.81. The molecule has 4 nitrogen and oxygen atoms in total.